The molecule has 17 heavy (non-hydrogen) atoms. The van der Waals surface area contributed by atoms with E-state index in [4.69, 9.17) is 0 Å². The first-order valence-corrected chi connectivity index (χ1v) is 6.34. The number of nitrogens with one attached hydrogen (secondary N) is 1. The molecular formula is C12H14F3NS. The fourth-order valence-corrected chi connectivity index (χ4v) is 2.73. The van der Waals surface area contributed by atoms with Crippen LogP contribution in [0, 0.1) is 5.41 Å². The minimum Gasteiger partial charge on any atom is -0.384 e. The van der Waals surface area contributed by atoms with Gasteiger partial charge in [-0.3, -0.25) is 0 Å². The van der Waals surface area contributed by atoms with E-state index in [-0.39, 0.29) is 5.41 Å². The zero-order chi connectivity index (χ0) is 12.7. The van der Waals surface area contributed by atoms with E-state index in [0.29, 0.717) is 12.2 Å². The van der Waals surface area contributed by atoms with E-state index in [1.807, 2.05) is 0 Å². The van der Waals surface area contributed by atoms with Gasteiger partial charge in [0.2, 0.25) is 0 Å². The number of anilines is 1. The van der Waals surface area contributed by atoms with E-state index in [0.717, 1.165) is 16.7 Å². The zero-order valence-electron chi connectivity index (χ0n) is 9.69. The van der Waals surface area contributed by atoms with Gasteiger partial charge in [0.25, 0.3) is 0 Å². The number of halogens is 3. The molecule has 0 amide bonds. The Labute approximate surface area is 103 Å². The van der Waals surface area contributed by atoms with E-state index in [1.165, 1.54) is 6.07 Å². The second-order valence-electron chi connectivity index (χ2n) is 5.02. The molecule has 2 rings (SSSR count). The molecule has 5 heteroatoms. The van der Waals surface area contributed by atoms with Gasteiger partial charge in [-0.1, -0.05) is 13.8 Å². The van der Waals surface area contributed by atoms with Crippen molar-refractivity contribution in [1.82, 2.24) is 0 Å². The Morgan fingerprint density at radius 2 is 2.00 bits per heavy atom. The summed E-state index contributed by atoms with van der Waals surface area (Å²) in [4.78, 5) is 0.892. The molecule has 1 N–H and O–H groups in total. The summed E-state index contributed by atoms with van der Waals surface area (Å²) in [5.41, 5.74) is 0.0849. The highest BCUT2D eigenvalue weighted by atomic mass is 32.2. The van der Waals surface area contributed by atoms with Crippen LogP contribution in [0.15, 0.2) is 23.1 Å². The number of rotatable bonds is 0. The topological polar surface area (TPSA) is 12.0 Å². The fraction of sp³-hybridized carbons (Fsp3) is 0.500. The van der Waals surface area contributed by atoms with Crippen LogP contribution in [0.5, 0.6) is 0 Å². The summed E-state index contributed by atoms with van der Waals surface area (Å²) in [6, 6.07) is 3.90. The van der Waals surface area contributed by atoms with E-state index >= 15 is 0 Å². The Kier molecular flexibility index (Phi) is 3.06. The standard InChI is InChI=1S/C12H14F3NS/c1-11(2)6-16-9-5-8(12(13,14)15)3-4-10(9)17-7-11/h3-5,16H,6-7H2,1-2H3. The highest BCUT2D eigenvalue weighted by molar-refractivity contribution is 7.99. The summed E-state index contributed by atoms with van der Waals surface area (Å²) >= 11 is 1.61. The van der Waals surface area contributed by atoms with Crippen LogP contribution in [-0.2, 0) is 6.18 Å². The van der Waals surface area contributed by atoms with Crippen molar-refractivity contribution < 1.29 is 13.2 Å². The summed E-state index contributed by atoms with van der Waals surface area (Å²) in [5, 5.41) is 3.11. The number of thioether (sulfide) groups is 1. The lowest BCUT2D eigenvalue weighted by Gasteiger charge is -2.21. The first-order chi connectivity index (χ1) is 7.78. The van der Waals surface area contributed by atoms with Gasteiger partial charge in [0, 0.05) is 22.9 Å². The highest BCUT2D eigenvalue weighted by Crippen LogP contribution is 2.39. The van der Waals surface area contributed by atoms with Crippen molar-refractivity contribution in [2.45, 2.75) is 24.9 Å². The third kappa shape index (κ3) is 2.89. The van der Waals surface area contributed by atoms with E-state index in [9.17, 15) is 13.2 Å². The molecule has 0 unspecified atom stereocenters. The zero-order valence-corrected chi connectivity index (χ0v) is 10.5. The lowest BCUT2D eigenvalue weighted by molar-refractivity contribution is -0.137. The minimum atomic E-state index is -4.27. The van der Waals surface area contributed by atoms with Crippen molar-refractivity contribution in [2.24, 2.45) is 5.41 Å². The molecule has 0 saturated heterocycles. The predicted octanol–water partition coefficient (Wildman–Crippen LogP) is 4.25. The molecule has 1 heterocycles. The molecule has 0 bridgehead atoms. The average molecular weight is 261 g/mol. The second-order valence-corrected chi connectivity index (χ2v) is 6.03. The minimum absolute atomic E-state index is 0.0854. The maximum absolute atomic E-state index is 12.6. The molecule has 1 aromatic rings. The second kappa shape index (κ2) is 4.12. The molecule has 0 spiro atoms. The van der Waals surface area contributed by atoms with Crippen molar-refractivity contribution in [1.29, 1.82) is 0 Å². The number of fused-ring (bicyclic) bond motifs is 1. The van der Waals surface area contributed by atoms with Crippen molar-refractivity contribution in [2.75, 3.05) is 17.6 Å². The van der Waals surface area contributed by atoms with Crippen LogP contribution in [-0.4, -0.2) is 12.3 Å². The van der Waals surface area contributed by atoms with Crippen molar-refractivity contribution in [3.8, 4) is 0 Å². The van der Waals surface area contributed by atoms with Crippen LogP contribution in [0.25, 0.3) is 0 Å². The Morgan fingerprint density at radius 3 is 2.65 bits per heavy atom. The lowest BCUT2D eigenvalue weighted by Crippen LogP contribution is -2.23. The Hall–Kier alpha value is -0.840. The summed E-state index contributed by atoms with van der Waals surface area (Å²) in [7, 11) is 0. The van der Waals surface area contributed by atoms with Gasteiger partial charge >= 0.3 is 6.18 Å². The van der Waals surface area contributed by atoms with Crippen molar-refractivity contribution in [3.05, 3.63) is 23.8 Å². The maximum atomic E-state index is 12.6. The Morgan fingerprint density at radius 1 is 1.29 bits per heavy atom. The van der Waals surface area contributed by atoms with Gasteiger partial charge < -0.3 is 5.32 Å². The smallest absolute Gasteiger partial charge is 0.384 e. The molecule has 1 aliphatic rings. The van der Waals surface area contributed by atoms with Crippen LogP contribution in [0.2, 0.25) is 0 Å². The van der Waals surface area contributed by atoms with Crippen LogP contribution >= 0.6 is 11.8 Å². The Bertz CT molecular complexity index is 426. The van der Waals surface area contributed by atoms with Gasteiger partial charge in [0.15, 0.2) is 0 Å². The predicted molar refractivity (Wildman–Crippen MR) is 64.4 cm³/mol. The maximum Gasteiger partial charge on any atom is 0.416 e. The molecule has 1 aliphatic heterocycles. The summed E-state index contributed by atoms with van der Waals surface area (Å²) in [6.45, 7) is 4.89. The third-order valence-corrected chi connectivity index (χ3v) is 4.28. The summed E-state index contributed by atoms with van der Waals surface area (Å²) in [6.07, 6.45) is -4.27. The molecule has 1 aromatic carbocycles. The van der Waals surface area contributed by atoms with Crippen LogP contribution in [0.4, 0.5) is 18.9 Å². The van der Waals surface area contributed by atoms with Crippen LogP contribution in [0.1, 0.15) is 19.4 Å². The number of alkyl halides is 3. The molecule has 0 fully saturated rings. The molecular weight excluding hydrogens is 247 g/mol. The monoisotopic (exact) mass is 261 g/mol. The number of hydrogen-bond donors (Lipinski definition) is 1. The first-order valence-electron chi connectivity index (χ1n) is 5.36. The molecule has 1 nitrogen and oxygen atoms in total. The molecule has 0 aliphatic carbocycles. The van der Waals surface area contributed by atoms with Gasteiger partial charge in [-0.25, -0.2) is 0 Å². The fourth-order valence-electron chi connectivity index (χ4n) is 1.63. The molecule has 0 saturated carbocycles. The van der Waals surface area contributed by atoms with E-state index in [2.05, 4.69) is 19.2 Å². The lowest BCUT2D eigenvalue weighted by atomic mass is 9.96. The SMILES string of the molecule is CC1(C)CNc2cc(C(F)(F)F)ccc2SC1. The summed E-state index contributed by atoms with van der Waals surface area (Å²) in [5.74, 6) is 0.901. The third-order valence-electron chi connectivity index (χ3n) is 2.68. The molecule has 0 radical (unpaired) electrons. The van der Waals surface area contributed by atoms with Crippen molar-refractivity contribution >= 4 is 17.4 Å². The van der Waals surface area contributed by atoms with Gasteiger partial charge in [0.05, 0.1) is 5.56 Å². The van der Waals surface area contributed by atoms with E-state index < -0.39 is 11.7 Å². The van der Waals surface area contributed by atoms with Crippen LogP contribution in [0.3, 0.4) is 0 Å². The molecule has 94 valence electrons. The van der Waals surface area contributed by atoms with Gasteiger partial charge in [0.1, 0.15) is 0 Å². The summed E-state index contributed by atoms with van der Waals surface area (Å²) < 4.78 is 37.7. The first kappa shape index (κ1) is 12.6. The molecule has 0 atom stereocenters. The Balaban J connectivity index is 2.32. The largest absolute Gasteiger partial charge is 0.416 e. The van der Waals surface area contributed by atoms with Gasteiger partial charge in [-0.2, -0.15) is 13.2 Å². The molecule has 0 aromatic heterocycles. The van der Waals surface area contributed by atoms with Crippen molar-refractivity contribution in [3.63, 3.8) is 0 Å². The van der Waals surface area contributed by atoms with Crippen LogP contribution < -0.4 is 5.32 Å². The highest BCUT2D eigenvalue weighted by Gasteiger charge is 2.32. The number of hydrogen-bond acceptors (Lipinski definition) is 2. The average Bonchev–Trinajstić information content (AvgIpc) is 2.36. The van der Waals surface area contributed by atoms with Gasteiger partial charge in [-0.15, -0.1) is 11.8 Å². The quantitative estimate of drug-likeness (QED) is 0.749. The normalized spacial score (nSPS) is 19.1. The van der Waals surface area contributed by atoms with E-state index in [1.54, 1.807) is 17.8 Å². The van der Waals surface area contributed by atoms with Gasteiger partial charge in [-0.05, 0) is 23.6 Å². The number of benzene rings is 1.